The van der Waals surface area contributed by atoms with Crippen molar-refractivity contribution in [2.45, 2.75) is 20.4 Å². The van der Waals surface area contributed by atoms with Crippen LogP contribution in [0.4, 0.5) is 5.82 Å². The Bertz CT molecular complexity index is 1220. The van der Waals surface area contributed by atoms with Gasteiger partial charge < -0.3 is 9.84 Å². The van der Waals surface area contributed by atoms with Crippen LogP contribution in [0.3, 0.4) is 0 Å². The van der Waals surface area contributed by atoms with Crippen molar-refractivity contribution < 1.29 is 9.32 Å². The number of benzene rings is 2. The third-order valence-corrected chi connectivity index (χ3v) is 4.38. The fourth-order valence-corrected chi connectivity index (χ4v) is 3.01. The predicted octanol–water partition coefficient (Wildman–Crippen LogP) is 3.31. The van der Waals surface area contributed by atoms with Gasteiger partial charge in [0.2, 0.25) is 5.91 Å². The Kier molecular flexibility index (Phi) is 4.49. The van der Waals surface area contributed by atoms with E-state index in [-0.39, 0.29) is 12.1 Å². The highest BCUT2D eigenvalue weighted by molar-refractivity contribution is 5.94. The van der Waals surface area contributed by atoms with Crippen molar-refractivity contribution in [3.05, 3.63) is 76.3 Å². The van der Waals surface area contributed by atoms with E-state index in [0.717, 1.165) is 16.5 Å². The smallest absolute Gasteiger partial charge is 0.275 e. The van der Waals surface area contributed by atoms with Crippen molar-refractivity contribution in [2.24, 2.45) is 0 Å². The standard InChI is InChI=1S/C21H18N4O3/c1-13-7-9-15(10-8-13)20-16-5-3-4-6-17(16)21(27)25(23-20)12-19(26)22-18-11-14(2)28-24-18/h3-11H,12H2,1-2H3,(H,22,24,26). The molecule has 140 valence electrons. The van der Waals surface area contributed by atoms with Gasteiger partial charge in [-0.1, -0.05) is 53.2 Å². The average molecular weight is 374 g/mol. The minimum absolute atomic E-state index is 0.228. The van der Waals surface area contributed by atoms with Crippen LogP contribution in [-0.4, -0.2) is 20.8 Å². The number of aryl methyl sites for hydroxylation is 2. The molecule has 0 fully saturated rings. The summed E-state index contributed by atoms with van der Waals surface area (Å²) < 4.78 is 6.12. The Morgan fingerprint density at radius 2 is 1.79 bits per heavy atom. The molecule has 2 heterocycles. The Labute approximate surface area is 160 Å². The fraction of sp³-hybridized carbons (Fsp3) is 0.143. The van der Waals surface area contributed by atoms with Crippen molar-refractivity contribution in [3.8, 4) is 11.3 Å². The van der Waals surface area contributed by atoms with Crippen molar-refractivity contribution in [2.75, 3.05) is 5.32 Å². The van der Waals surface area contributed by atoms with Gasteiger partial charge in [-0.05, 0) is 19.9 Å². The van der Waals surface area contributed by atoms with Crippen LogP contribution in [0.1, 0.15) is 11.3 Å². The predicted molar refractivity (Wildman–Crippen MR) is 106 cm³/mol. The highest BCUT2D eigenvalue weighted by Gasteiger charge is 2.15. The van der Waals surface area contributed by atoms with Gasteiger partial charge in [-0.25, -0.2) is 4.68 Å². The molecule has 7 heteroatoms. The summed E-state index contributed by atoms with van der Waals surface area (Å²) in [4.78, 5) is 25.2. The quantitative estimate of drug-likeness (QED) is 0.592. The second kappa shape index (κ2) is 7.11. The minimum Gasteiger partial charge on any atom is -0.360 e. The number of nitrogens with zero attached hydrogens (tertiary/aromatic N) is 3. The van der Waals surface area contributed by atoms with Crippen LogP contribution in [0, 0.1) is 13.8 Å². The molecule has 0 aliphatic rings. The molecular formula is C21H18N4O3. The van der Waals surface area contributed by atoms with Crippen LogP contribution in [0.15, 0.2) is 63.9 Å². The van der Waals surface area contributed by atoms with E-state index < -0.39 is 5.91 Å². The molecule has 0 saturated heterocycles. The van der Waals surface area contributed by atoms with Gasteiger partial charge in [0.25, 0.3) is 5.56 Å². The number of anilines is 1. The second-order valence-electron chi connectivity index (χ2n) is 6.59. The minimum atomic E-state index is -0.409. The fourth-order valence-electron chi connectivity index (χ4n) is 3.01. The summed E-state index contributed by atoms with van der Waals surface area (Å²) in [6.45, 7) is 3.51. The van der Waals surface area contributed by atoms with E-state index in [4.69, 9.17) is 4.52 Å². The highest BCUT2D eigenvalue weighted by Crippen LogP contribution is 2.24. The maximum atomic E-state index is 12.8. The van der Waals surface area contributed by atoms with Gasteiger partial charge >= 0.3 is 0 Å². The normalized spacial score (nSPS) is 10.9. The summed E-state index contributed by atoms with van der Waals surface area (Å²) >= 11 is 0. The Hall–Kier alpha value is -3.74. The summed E-state index contributed by atoms with van der Waals surface area (Å²) in [5.41, 5.74) is 2.34. The van der Waals surface area contributed by atoms with E-state index in [1.165, 1.54) is 4.68 Å². The highest BCUT2D eigenvalue weighted by atomic mass is 16.5. The van der Waals surface area contributed by atoms with Crippen LogP contribution < -0.4 is 10.9 Å². The number of carbonyl (C=O) groups is 1. The van der Waals surface area contributed by atoms with Gasteiger partial charge in [0.15, 0.2) is 5.82 Å². The van der Waals surface area contributed by atoms with E-state index in [9.17, 15) is 9.59 Å². The van der Waals surface area contributed by atoms with E-state index in [0.29, 0.717) is 22.7 Å². The summed E-state index contributed by atoms with van der Waals surface area (Å²) in [5, 5.41) is 12.1. The van der Waals surface area contributed by atoms with Gasteiger partial charge in [0, 0.05) is 17.0 Å². The third-order valence-electron chi connectivity index (χ3n) is 4.38. The topological polar surface area (TPSA) is 90.0 Å². The lowest BCUT2D eigenvalue weighted by Crippen LogP contribution is -2.30. The second-order valence-corrected chi connectivity index (χ2v) is 6.59. The molecule has 0 spiro atoms. The van der Waals surface area contributed by atoms with E-state index >= 15 is 0 Å². The molecule has 0 unspecified atom stereocenters. The van der Waals surface area contributed by atoms with Gasteiger partial charge in [0.1, 0.15) is 12.3 Å². The van der Waals surface area contributed by atoms with Crippen LogP contribution in [0.5, 0.6) is 0 Å². The van der Waals surface area contributed by atoms with Crippen LogP contribution in [-0.2, 0) is 11.3 Å². The molecule has 28 heavy (non-hydrogen) atoms. The SMILES string of the molecule is Cc1ccc(-c2nn(CC(=O)Nc3cc(C)on3)c(=O)c3ccccc23)cc1. The monoisotopic (exact) mass is 374 g/mol. The maximum Gasteiger partial charge on any atom is 0.275 e. The lowest BCUT2D eigenvalue weighted by Gasteiger charge is -2.11. The van der Waals surface area contributed by atoms with E-state index in [2.05, 4.69) is 15.6 Å². The number of fused-ring (bicyclic) bond motifs is 1. The van der Waals surface area contributed by atoms with Crippen molar-refractivity contribution in [1.82, 2.24) is 14.9 Å². The zero-order chi connectivity index (χ0) is 19.7. The summed E-state index contributed by atoms with van der Waals surface area (Å²) in [7, 11) is 0. The Morgan fingerprint density at radius 3 is 2.46 bits per heavy atom. The number of rotatable bonds is 4. The molecule has 7 nitrogen and oxygen atoms in total. The molecule has 0 atom stereocenters. The van der Waals surface area contributed by atoms with Crippen molar-refractivity contribution in [3.63, 3.8) is 0 Å². The molecule has 1 N–H and O–H groups in total. The molecule has 2 aromatic carbocycles. The molecule has 0 bridgehead atoms. The lowest BCUT2D eigenvalue weighted by atomic mass is 10.0. The zero-order valence-corrected chi connectivity index (χ0v) is 15.5. The molecule has 1 amide bonds. The maximum absolute atomic E-state index is 12.8. The molecule has 0 radical (unpaired) electrons. The number of amides is 1. The third kappa shape index (κ3) is 3.42. The van der Waals surface area contributed by atoms with Crippen LogP contribution >= 0.6 is 0 Å². The van der Waals surface area contributed by atoms with Gasteiger partial charge in [-0.2, -0.15) is 5.10 Å². The van der Waals surface area contributed by atoms with Crippen LogP contribution in [0.25, 0.3) is 22.0 Å². The number of nitrogens with one attached hydrogen (secondary N) is 1. The molecule has 0 saturated carbocycles. The first kappa shape index (κ1) is 17.7. The van der Waals surface area contributed by atoms with Gasteiger partial charge in [-0.15, -0.1) is 0 Å². The first-order valence-electron chi connectivity index (χ1n) is 8.81. The van der Waals surface area contributed by atoms with E-state index in [1.54, 1.807) is 25.1 Å². The average Bonchev–Trinajstić information content (AvgIpc) is 3.09. The molecule has 2 aromatic heterocycles. The Balaban J connectivity index is 1.76. The summed E-state index contributed by atoms with van der Waals surface area (Å²) in [6.07, 6.45) is 0. The first-order valence-corrected chi connectivity index (χ1v) is 8.81. The van der Waals surface area contributed by atoms with Crippen molar-refractivity contribution in [1.29, 1.82) is 0 Å². The number of hydrogen-bond acceptors (Lipinski definition) is 5. The zero-order valence-electron chi connectivity index (χ0n) is 15.5. The van der Waals surface area contributed by atoms with E-state index in [1.807, 2.05) is 43.3 Å². The first-order chi connectivity index (χ1) is 13.5. The molecular weight excluding hydrogens is 356 g/mol. The number of carbonyl (C=O) groups excluding carboxylic acids is 1. The summed E-state index contributed by atoms with van der Waals surface area (Å²) in [5.74, 6) is 0.473. The molecule has 0 aliphatic carbocycles. The van der Waals surface area contributed by atoms with Crippen LogP contribution in [0.2, 0.25) is 0 Å². The lowest BCUT2D eigenvalue weighted by molar-refractivity contribution is -0.117. The van der Waals surface area contributed by atoms with Gasteiger partial charge in [0.05, 0.1) is 11.1 Å². The van der Waals surface area contributed by atoms with Crippen molar-refractivity contribution >= 4 is 22.5 Å². The van der Waals surface area contributed by atoms with Gasteiger partial charge in [-0.3, -0.25) is 9.59 Å². The number of hydrogen-bond donors (Lipinski definition) is 1. The molecule has 4 aromatic rings. The Morgan fingerprint density at radius 1 is 1.07 bits per heavy atom. The summed E-state index contributed by atoms with van der Waals surface area (Å²) in [6, 6.07) is 16.8. The molecule has 4 rings (SSSR count). The largest absolute Gasteiger partial charge is 0.360 e. The number of aromatic nitrogens is 3. The molecule has 0 aliphatic heterocycles.